The van der Waals surface area contributed by atoms with E-state index in [2.05, 4.69) is 53.1 Å². The van der Waals surface area contributed by atoms with E-state index in [1.165, 1.54) is 16.0 Å². The van der Waals surface area contributed by atoms with Crippen molar-refractivity contribution in [2.75, 3.05) is 31.6 Å². The van der Waals surface area contributed by atoms with Gasteiger partial charge >= 0.3 is 6.03 Å². The summed E-state index contributed by atoms with van der Waals surface area (Å²) < 4.78 is 0. The lowest BCUT2D eigenvalue weighted by molar-refractivity contribution is -0.137. The van der Waals surface area contributed by atoms with Crippen molar-refractivity contribution in [3.05, 3.63) is 65.7 Å². The first-order valence-electron chi connectivity index (χ1n) is 12.4. The van der Waals surface area contributed by atoms with E-state index in [1.807, 2.05) is 18.2 Å². The molecule has 5 rings (SSSR count). The van der Waals surface area contributed by atoms with E-state index in [4.69, 9.17) is 4.99 Å². The number of likely N-dealkylation sites (N-methyl/N-ethyl adjacent to an activating group) is 1. The Labute approximate surface area is 201 Å². The van der Waals surface area contributed by atoms with Crippen LogP contribution in [0.3, 0.4) is 0 Å². The summed E-state index contributed by atoms with van der Waals surface area (Å²) in [5.41, 5.74) is 3.60. The van der Waals surface area contributed by atoms with Crippen molar-refractivity contribution in [2.45, 2.75) is 51.2 Å². The third-order valence-electron chi connectivity index (χ3n) is 7.19. The Morgan fingerprint density at radius 2 is 1.68 bits per heavy atom. The number of imide groups is 1. The predicted octanol–water partition coefficient (Wildman–Crippen LogP) is 3.74. The van der Waals surface area contributed by atoms with Crippen molar-refractivity contribution in [3.8, 4) is 0 Å². The maximum absolute atomic E-state index is 13.6. The average Bonchev–Trinajstić information content (AvgIpc) is 3.13. The Balaban J connectivity index is 1.37. The van der Waals surface area contributed by atoms with Gasteiger partial charge in [-0.3, -0.25) is 9.69 Å². The number of rotatable bonds is 6. The molecule has 2 unspecified atom stereocenters. The normalized spacial score (nSPS) is 22.5. The molecule has 2 fully saturated rings. The highest BCUT2D eigenvalue weighted by Crippen LogP contribution is 2.32. The predicted molar refractivity (Wildman–Crippen MR) is 134 cm³/mol. The second-order valence-electron chi connectivity index (χ2n) is 9.33. The number of aliphatic imine (C=N–C) groups is 1. The van der Waals surface area contributed by atoms with E-state index in [0.29, 0.717) is 6.54 Å². The maximum atomic E-state index is 13.6. The third kappa shape index (κ3) is 4.04. The Kier molecular flexibility index (Phi) is 6.26. The van der Waals surface area contributed by atoms with Gasteiger partial charge in [0.15, 0.2) is 12.2 Å². The molecule has 0 saturated carbocycles. The van der Waals surface area contributed by atoms with E-state index in [-0.39, 0.29) is 11.9 Å². The van der Waals surface area contributed by atoms with Crippen LogP contribution in [0.5, 0.6) is 0 Å². The molecule has 2 aromatic rings. The molecule has 34 heavy (non-hydrogen) atoms. The number of carbonyl (C=O) groups is 2. The van der Waals surface area contributed by atoms with Crippen molar-refractivity contribution < 1.29 is 9.59 Å². The fourth-order valence-electron chi connectivity index (χ4n) is 5.23. The summed E-state index contributed by atoms with van der Waals surface area (Å²) in [4.78, 5) is 39.2. The van der Waals surface area contributed by atoms with Gasteiger partial charge in [0, 0.05) is 32.4 Å². The highest BCUT2D eigenvalue weighted by Gasteiger charge is 2.53. The van der Waals surface area contributed by atoms with Crippen molar-refractivity contribution in [2.24, 2.45) is 4.99 Å². The van der Waals surface area contributed by atoms with Gasteiger partial charge in [0.1, 0.15) is 0 Å². The van der Waals surface area contributed by atoms with Gasteiger partial charge in [0.25, 0.3) is 5.91 Å². The molecular weight excluding hydrogens is 426 g/mol. The molecule has 0 spiro atoms. The summed E-state index contributed by atoms with van der Waals surface area (Å²) in [5, 5.41) is 0. The van der Waals surface area contributed by atoms with E-state index in [9.17, 15) is 9.59 Å². The number of carbonyl (C=O) groups excluding carboxylic acids is 2. The second kappa shape index (κ2) is 9.49. The van der Waals surface area contributed by atoms with Gasteiger partial charge in [-0.25, -0.2) is 9.79 Å². The molecule has 2 saturated heterocycles. The monoisotopic (exact) mass is 459 g/mol. The minimum Gasteiger partial charge on any atom is -0.327 e. The molecule has 7 nitrogen and oxygen atoms in total. The number of urea groups is 1. The number of amides is 3. The van der Waals surface area contributed by atoms with Crippen LogP contribution in [0, 0.1) is 0 Å². The fourth-order valence-corrected chi connectivity index (χ4v) is 5.23. The first-order chi connectivity index (χ1) is 16.6. The SMILES string of the molecule is CCc1ccc(N2CCCCN3C2=NC2C3C(=O)N(CCCc3ccccc3)C(=O)N2C)cc1. The fraction of sp³-hybridized carbons (Fsp3) is 0.444. The van der Waals surface area contributed by atoms with Crippen LogP contribution < -0.4 is 4.90 Å². The molecule has 3 aliphatic heterocycles. The van der Waals surface area contributed by atoms with Crippen LogP contribution in [0.4, 0.5) is 10.5 Å². The van der Waals surface area contributed by atoms with Gasteiger partial charge in [-0.15, -0.1) is 0 Å². The van der Waals surface area contributed by atoms with Crippen LogP contribution in [-0.4, -0.2) is 71.5 Å². The highest BCUT2D eigenvalue weighted by atomic mass is 16.2. The number of fused-ring (bicyclic) bond motifs is 3. The van der Waals surface area contributed by atoms with E-state index in [1.54, 1.807) is 11.9 Å². The van der Waals surface area contributed by atoms with Crippen LogP contribution in [-0.2, 0) is 17.6 Å². The minimum absolute atomic E-state index is 0.122. The van der Waals surface area contributed by atoms with Crippen LogP contribution in [0.25, 0.3) is 0 Å². The molecule has 3 amide bonds. The number of aryl methyl sites for hydroxylation is 2. The van der Waals surface area contributed by atoms with Gasteiger partial charge in [-0.2, -0.15) is 0 Å². The van der Waals surface area contributed by atoms with Gasteiger partial charge in [0.2, 0.25) is 5.96 Å². The lowest BCUT2D eigenvalue weighted by Gasteiger charge is -2.41. The van der Waals surface area contributed by atoms with Crippen molar-refractivity contribution in [1.29, 1.82) is 0 Å². The van der Waals surface area contributed by atoms with Crippen LogP contribution in [0.15, 0.2) is 59.6 Å². The maximum Gasteiger partial charge on any atom is 0.328 e. The van der Waals surface area contributed by atoms with Crippen molar-refractivity contribution >= 4 is 23.6 Å². The van der Waals surface area contributed by atoms with Crippen molar-refractivity contribution in [3.63, 3.8) is 0 Å². The Morgan fingerprint density at radius 3 is 2.41 bits per heavy atom. The zero-order valence-electron chi connectivity index (χ0n) is 20.1. The van der Waals surface area contributed by atoms with Crippen LogP contribution >= 0.6 is 0 Å². The Hall–Kier alpha value is -3.35. The number of nitrogens with zero attached hydrogens (tertiary/aromatic N) is 5. The molecular formula is C27H33N5O2. The molecule has 0 N–H and O–H groups in total. The topological polar surface area (TPSA) is 59.5 Å². The standard InChI is InChI=1S/C27H33N5O2/c1-3-20-13-15-22(16-14-20)30-17-7-8-18-31-23-24(28-26(30)31)29(2)27(34)32(25(23)33)19-9-12-21-10-5-4-6-11-21/h4-6,10-11,13-16,23-24H,3,7-9,12,17-19H2,1-2H3. The largest absolute Gasteiger partial charge is 0.328 e. The molecule has 178 valence electrons. The molecule has 0 bridgehead atoms. The number of benzene rings is 2. The summed E-state index contributed by atoms with van der Waals surface area (Å²) in [6, 6.07) is 18.1. The first kappa shape index (κ1) is 22.4. The molecule has 0 radical (unpaired) electrons. The van der Waals surface area contributed by atoms with Gasteiger partial charge in [-0.1, -0.05) is 49.4 Å². The average molecular weight is 460 g/mol. The number of anilines is 1. The van der Waals surface area contributed by atoms with Gasteiger partial charge in [-0.05, 0) is 55.4 Å². The molecule has 2 aromatic carbocycles. The number of guanidine groups is 1. The molecule has 0 aliphatic carbocycles. The lowest BCUT2D eigenvalue weighted by atomic mass is 10.1. The van der Waals surface area contributed by atoms with Gasteiger partial charge < -0.3 is 14.7 Å². The molecule has 0 aromatic heterocycles. The smallest absolute Gasteiger partial charge is 0.327 e. The lowest BCUT2D eigenvalue weighted by Crippen LogP contribution is -2.65. The Bertz CT molecular complexity index is 1070. The quantitative estimate of drug-likeness (QED) is 0.660. The summed E-state index contributed by atoms with van der Waals surface area (Å²) >= 11 is 0. The van der Waals surface area contributed by atoms with Crippen LogP contribution in [0.1, 0.15) is 37.3 Å². The van der Waals surface area contributed by atoms with Crippen LogP contribution in [0.2, 0.25) is 0 Å². The molecule has 2 atom stereocenters. The Morgan fingerprint density at radius 1 is 0.941 bits per heavy atom. The summed E-state index contributed by atoms with van der Waals surface area (Å²) in [5.74, 6) is 0.693. The molecule has 7 heteroatoms. The highest BCUT2D eigenvalue weighted by molar-refractivity contribution is 6.07. The second-order valence-corrected chi connectivity index (χ2v) is 9.33. The molecule has 3 heterocycles. The van der Waals surface area contributed by atoms with E-state index in [0.717, 1.165) is 56.8 Å². The molecule has 3 aliphatic rings. The zero-order valence-corrected chi connectivity index (χ0v) is 20.1. The van der Waals surface area contributed by atoms with Gasteiger partial charge in [0.05, 0.1) is 0 Å². The zero-order chi connectivity index (χ0) is 23.7. The van der Waals surface area contributed by atoms with E-state index >= 15 is 0 Å². The first-order valence-corrected chi connectivity index (χ1v) is 12.4. The van der Waals surface area contributed by atoms with Crippen molar-refractivity contribution in [1.82, 2.24) is 14.7 Å². The van der Waals surface area contributed by atoms with E-state index < -0.39 is 12.2 Å². The number of hydrogen-bond donors (Lipinski definition) is 0. The summed E-state index contributed by atoms with van der Waals surface area (Å²) in [6.45, 7) is 4.20. The number of hydrogen-bond acceptors (Lipinski definition) is 5. The summed E-state index contributed by atoms with van der Waals surface area (Å²) in [7, 11) is 1.77. The third-order valence-corrected chi connectivity index (χ3v) is 7.19. The summed E-state index contributed by atoms with van der Waals surface area (Å²) in [6.07, 6.45) is 4.13. The minimum atomic E-state index is -0.476.